The van der Waals surface area contributed by atoms with Gasteiger partial charge in [0.15, 0.2) is 0 Å². The van der Waals surface area contributed by atoms with Gasteiger partial charge < -0.3 is 14.7 Å². The molecular weight excluding hydrogens is 332 g/mol. The van der Waals surface area contributed by atoms with Gasteiger partial charge in [-0.25, -0.2) is 8.78 Å². The molecule has 1 fully saturated rings. The molecule has 6 heteroatoms. The molecule has 1 aliphatic rings. The molecule has 2 rings (SSSR count). The number of rotatable bonds is 6. The van der Waals surface area contributed by atoms with Gasteiger partial charge in [-0.2, -0.15) is 0 Å². The fourth-order valence-electron chi connectivity index (χ4n) is 2.34. The van der Waals surface area contributed by atoms with Gasteiger partial charge in [-0.3, -0.25) is 0 Å². The van der Waals surface area contributed by atoms with E-state index in [4.69, 9.17) is 4.74 Å². The van der Waals surface area contributed by atoms with E-state index in [1.165, 1.54) is 0 Å². The Labute approximate surface area is 125 Å². The fourth-order valence-corrected chi connectivity index (χ4v) is 2.86. The maximum absolute atomic E-state index is 12.9. The molecule has 0 aliphatic carbocycles. The zero-order valence-corrected chi connectivity index (χ0v) is 12.7. The van der Waals surface area contributed by atoms with Crippen LogP contribution in [0.1, 0.15) is 24.8 Å². The molecular formula is C14H18BrF2NO2. The summed E-state index contributed by atoms with van der Waals surface area (Å²) in [7, 11) is 0. The number of nitrogens with zero attached hydrogens (tertiary/aromatic N) is 1. The van der Waals surface area contributed by atoms with Crippen LogP contribution in [0.25, 0.3) is 0 Å². The molecule has 0 spiro atoms. The monoisotopic (exact) mass is 349 g/mol. The van der Waals surface area contributed by atoms with Crippen LogP contribution in [0.5, 0.6) is 5.75 Å². The third-order valence-electron chi connectivity index (χ3n) is 3.35. The number of halogens is 3. The van der Waals surface area contributed by atoms with E-state index in [1.807, 2.05) is 0 Å². The maximum atomic E-state index is 12.9. The van der Waals surface area contributed by atoms with Crippen molar-refractivity contribution in [1.82, 2.24) is 4.90 Å². The number of likely N-dealkylation sites (tertiary alicyclic amines) is 1. The Morgan fingerprint density at radius 3 is 2.90 bits per heavy atom. The highest BCUT2D eigenvalue weighted by molar-refractivity contribution is 9.10. The van der Waals surface area contributed by atoms with E-state index in [0.29, 0.717) is 17.6 Å². The lowest BCUT2D eigenvalue weighted by Gasteiger charge is -2.16. The number of aliphatic hydroxyl groups is 1. The van der Waals surface area contributed by atoms with Gasteiger partial charge in [0, 0.05) is 24.1 Å². The van der Waals surface area contributed by atoms with E-state index in [-0.39, 0.29) is 17.4 Å². The van der Waals surface area contributed by atoms with E-state index in [2.05, 4.69) is 20.8 Å². The SMILES string of the molecule is O[C@@H]1CCN(CCCOc2cccc(Br)c2C(F)F)C1. The molecule has 1 heterocycles. The largest absolute Gasteiger partial charge is 0.493 e. The van der Waals surface area contributed by atoms with E-state index in [0.717, 1.165) is 25.9 Å². The highest BCUT2D eigenvalue weighted by atomic mass is 79.9. The molecule has 0 aromatic heterocycles. The Morgan fingerprint density at radius 2 is 2.25 bits per heavy atom. The summed E-state index contributed by atoms with van der Waals surface area (Å²) >= 11 is 3.12. The lowest BCUT2D eigenvalue weighted by Crippen LogP contribution is -2.24. The van der Waals surface area contributed by atoms with Crippen molar-refractivity contribution in [3.63, 3.8) is 0 Å². The lowest BCUT2D eigenvalue weighted by atomic mass is 10.2. The molecule has 3 nitrogen and oxygen atoms in total. The number of β-amino-alcohol motifs (C(OH)–C–C–N with tert-alkyl or cyclic N) is 1. The van der Waals surface area contributed by atoms with Crippen molar-refractivity contribution in [3.05, 3.63) is 28.2 Å². The minimum absolute atomic E-state index is 0.0934. The molecule has 1 atom stereocenters. The van der Waals surface area contributed by atoms with Crippen LogP contribution in [0.4, 0.5) is 8.78 Å². The second-order valence-corrected chi connectivity index (χ2v) is 5.75. The van der Waals surface area contributed by atoms with Crippen molar-refractivity contribution >= 4 is 15.9 Å². The predicted octanol–water partition coefficient (Wildman–Crippen LogP) is 3.22. The second-order valence-electron chi connectivity index (χ2n) is 4.90. The molecule has 0 saturated carbocycles. The van der Waals surface area contributed by atoms with Crippen LogP contribution in [-0.4, -0.2) is 42.4 Å². The van der Waals surface area contributed by atoms with Gasteiger partial charge in [-0.15, -0.1) is 0 Å². The van der Waals surface area contributed by atoms with Crippen LogP contribution in [0, 0.1) is 0 Å². The second kappa shape index (κ2) is 7.33. The third kappa shape index (κ3) is 4.14. The summed E-state index contributed by atoms with van der Waals surface area (Å²) < 4.78 is 31.7. The van der Waals surface area contributed by atoms with Crippen LogP contribution in [0.3, 0.4) is 0 Å². The highest BCUT2D eigenvalue weighted by Crippen LogP contribution is 2.35. The summed E-state index contributed by atoms with van der Waals surface area (Å²) in [5.41, 5.74) is -0.0934. The first-order valence-corrected chi connectivity index (χ1v) is 7.47. The van der Waals surface area contributed by atoms with E-state index in [1.54, 1.807) is 18.2 Å². The molecule has 0 bridgehead atoms. The van der Waals surface area contributed by atoms with Crippen molar-refractivity contribution in [3.8, 4) is 5.75 Å². The molecule has 0 radical (unpaired) electrons. The number of alkyl halides is 2. The van der Waals surface area contributed by atoms with Gasteiger partial charge in [0.25, 0.3) is 6.43 Å². The summed E-state index contributed by atoms with van der Waals surface area (Å²) in [6.07, 6.45) is -1.23. The standard InChI is InChI=1S/C14H18BrF2NO2/c15-11-3-1-4-12(13(11)14(16)17)20-8-2-6-18-7-5-10(19)9-18/h1,3-4,10,14,19H,2,5-9H2/t10-/m1/s1. The van der Waals surface area contributed by atoms with Gasteiger partial charge in [-0.05, 0) is 25.0 Å². The summed E-state index contributed by atoms with van der Waals surface area (Å²) in [6.45, 7) is 2.79. The molecule has 1 aromatic rings. The predicted molar refractivity (Wildman–Crippen MR) is 76.3 cm³/mol. The van der Waals surface area contributed by atoms with Crippen molar-refractivity contribution in [1.29, 1.82) is 0 Å². The summed E-state index contributed by atoms with van der Waals surface area (Å²) in [4.78, 5) is 2.16. The molecule has 112 valence electrons. The normalized spacial score (nSPS) is 19.8. The first-order chi connectivity index (χ1) is 9.58. The van der Waals surface area contributed by atoms with Crippen LogP contribution in [0.15, 0.2) is 22.7 Å². The van der Waals surface area contributed by atoms with E-state index < -0.39 is 6.43 Å². The Balaban J connectivity index is 1.81. The Morgan fingerprint density at radius 1 is 1.45 bits per heavy atom. The molecule has 0 amide bonds. The van der Waals surface area contributed by atoms with Crippen molar-refractivity contribution < 1.29 is 18.6 Å². The lowest BCUT2D eigenvalue weighted by molar-refractivity contribution is 0.143. The van der Waals surface area contributed by atoms with E-state index in [9.17, 15) is 13.9 Å². The topological polar surface area (TPSA) is 32.7 Å². The Kier molecular flexibility index (Phi) is 5.74. The van der Waals surface area contributed by atoms with Crippen molar-refractivity contribution in [2.45, 2.75) is 25.4 Å². The van der Waals surface area contributed by atoms with Crippen LogP contribution < -0.4 is 4.74 Å². The van der Waals surface area contributed by atoms with Crippen LogP contribution in [0.2, 0.25) is 0 Å². The Bertz CT molecular complexity index is 445. The highest BCUT2D eigenvalue weighted by Gasteiger charge is 2.20. The number of ether oxygens (including phenoxy) is 1. The zero-order valence-electron chi connectivity index (χ0n) is 11.1. The van der Waals surface area contributed by atoms with Crippen molar-refractivity contribution in [2.75, 3.05) is 26.2 Å². The molecule has 1 aromatic carbocycles. The average Bonchev–Trinajstić information content (AvgIpc) is 2.80. The third-order valence-corrected chi connectivity index (χ3v) is 4.05. The van der Waals surface area contributed by atoms with Gasteiger partial charge in [0.2, 0.25) is 0 Å². The molecule has 1 N–H and O–H groups in total. The maximum Gasteiger partial charge on any atom is 0.268 e. The first kappa shape index (κ1) is 15.7. The number of aliphatic hydroxyl groups excluding tert-OH is 1. The summed E-state index contributed by atoms with van der Waals surface area (Å²) in [6, 6.07) is 4.83. The fraction of sp³-hybridized carbons (Fsp3) is 0.571. The van der Waals surface area contributed by atoms with Gasteiger partial charge in [0.05, 0.1) is 18.3 Å². The Hall–Kier alpha value is -0.720. The summed E-state index contributed by atoms with van der Waals surface area (Å²) in [5, 5.41) is 9.40. The van der Waals surface area contributed by atoms with E-state index >= 15 is 0 Å². The minimum Gasteiger partial charge on any atom is -0.493 e. The number of hydrogen-bond acceptors (Lipinski definition) is 3. The average molecular weight is 350 g/mol. The zero-order chi connectivity index (χ0) is 14.5. The first-order valence-electron chi connectivity index (χ1n) is 6.67. The van der Waals surface area contributed by atoms with Crippen molar-refractivity contribution in [2.24, 2.45) is 0 Å². The smallest absolute Gasteiger partial charge is 0.268 e. The number of hydrogen-bond donors (Lipinski definition) is 1. The van der Waals surface area contributed by atoms with Gasteiger partial charge in [-0.1, -0.05) is 22.0 Å². The number of benzene rings is 1. The minimum atomic E-state index is -2.56. The molecule has 1 saturated heterocycles. The van der Waals surface area contributed by atoms with Crippen LogP contribution in [-0.2, 0) is 0 Å². The molecule has 20 heavy (non-hydrogen) atoms. The van der Waals surface area contributed by atoms with Gasteiger partial charge >= 0.3 is 0 Å². The molecule has 0 unspecified atom stereocenters. The van der Waals surface area contributed by atoms with Crippen LogP contribution >= 0.6 is 15.9 Å². The summed E-state index contributed by atoms with van der Waals surface area (Å²) in [5.74, 6) is 0.232. The molecule has 1 aliphatic heterocycles. The quantitative estimate of drug-likeness (QED) is 0.800. The van der Waals surface area contributed by atoms with Gasteiger partial charge in [0.1, 0.15) is 5.75 Å².